The highest BCUT2D eigenvalue weighted by atomic mass is 35.5. The zero-order valence-corrected chi connectivity index (χ0v) is 12.8. The number of benzene rings is 2. The summed E-state index contributed by atoms with van der Waals surface area (Å²) in [6.45, 7) is 0.812. The van der Waals surface area contributed by atoms with E-state index in [2.05, 4.69) is 20.5 Å². The number of H-pyrrole nitrogens is 1. The molecule has 2 N–H and O–H groups in total. The minimum atomic E-state index is -0.267. The van der Waals surface area contributed by atoms with Gasteiger partial charge in [-0.25, -0.2) is 9.37 Å². The lowest BCUT2D eigenvalue weighted by Crippen LogP contribution is -2.05. The van der Waals surface area contributed by atoms with E-state index in [9.17, 15) is 4.39 Å². The van der Waals surface area contributed by atoms with Gasteiger partial charge >= 0.3 is 0 Å². The van der Waals surface area contributed by atoms with E-state index in [1.807, 2.05) is 6.07 Å². The van der Waals surface area contributed by atoms with Crippen molar-refractivity contribution in [2.24, 2.45) is 0 Å². The molecule has 1 aromatic heterocycles. The molecule has 0 amide bonds. The van der Waals surface area contributed by atoms with Crippen LogP contribution in [0.4, 0.5) is 10.3 Å². The van der Waals surface area contributed by atoms with Crippen LogP contribution in [0.1, 0.15) is 11.1 Å². The van der Waals surface area contributed by atoms with Crippen molar-refractivity contribution in [2.75, 3.05) is 5.32 Å². The zero-order valence-electron chi connectivity index (χ0n) is 12.1. The average Bonchev–Trinajstić information content (AvgIpc) is 3.07. The van der Waals surface area contributed by atoms with E-state index < -0.39 is 0 Å². The average molecular weight is 333 g/mol. The Hall–Kier alpha value is -2.60. The van der Waals surface area contributed by atoms with E-state index in [-0.39, 0.29) is 5.82 Å². The number of anilines is 1. The molecule has 0 aliphatic carbocycles. The second-order valence-corrected chi connectivity index (χ2v) is 5.28. The number of rotatable bonds is 6. The van der Waals surface area contributed by atoms with Gasteiger partial charge in [-0.2, -0.15) is 0 Å². The highest BCUT2D eigenvalue weighted by Gasteiger charge is 2.07. The fraction of sp³-hybridized carbons (Fsp3) is 0.125. The molecule has 0 aliphatic rings. The van der Waals surface area contributed by atoms with Gasteiger partial charge < -0.3 is 10.1 Å². The fourth-order valence-corrected chi connectivity index (χ4v) is 2.23. The lowest BCUT2D eigenvalue weighted by Gasteiger charge is -2.12. The van der Waals surface area contributed by atoms with Crippen LogP contribution in [0.15, 0.2) is 48.8 Å². The highest BCUT2D eigenvalue weighted by Crippen LogP contribution is 2.24. The lowest BCUT2D eigenvalue weighted by molar-refractivity contribution is 0.303. The Balaban J connectivity index is 1.69. The highest BCUT2D eigenvalue weighted by molar-refractivity contribution is 6.30. The summed E-state index contributed by atoms with van der Waals surface area (Å²) in [5, 5.41) is 10.2. The Kier molecular flexibility index (Phi) is 4.73. The number of aromatic nitrogens is 3. The van der Waals surface area contributed by atoms with Crippen molar-refractivity contribution in [2.45, 2.75) is 13.2 Å². The molecule has 0 unspecified atom stereocenters. The van der Waals surface area contributed by atoms with Gasteiger partial charge in [0.1, 0.15) is 24.5 Å². The molecule has 3 aromatic rings. The maximum Gasteiger partial charge on any atom is 0.242 e. The van der Waals surface area contributed by atoms with Crippen molar-refractivity contribution >= 4 is 17.5 Å². The Labute approximate surface area is 137 Å². The van der Waals surface area contributed by atoms with Gasteiger partial charge in [-0.3, -0.25) is 5.10 Å². The summed E-state index contributed by atoms with van der Waals surface area (Å²) >= 11 is 6.05. The summed E-state index contributed by atoms with van der Waals surface area (Å²) in [6.07, 6.45) is 1.49. The van der Waals surface area contributed by atoms with Crippen molar-refractivity contribution in [1.29, 1.82) is 0 Å². The predicted octanol–water partition coefficient (Wildman–Crippen LogP) is 3.79. The Bertz CT molecular complexity index is 762. The molecule has 0 saturated carbocycles. The van der Waals surface area contributed by atoms with Crippen LogP contribution in [0.2, 0.25) is 5.02 Å². The quantitative estimate of drug-likeness (QED) is 0.721. The summed E-state index contributed by atoms with van der Waals surface area (Å²) < 4.78 is 18.7. The van der Waals surface area contributed by atoms with Crippen molar-refractivity contribution in [3.05, 3.63) is 70.8 Å². The molecule has 0 fully saturated rings. The van der Waals surface area contributed by atoms with Gasteiger partial charge in [0.15, 0.2) is 0 Å². The first-order valence-corrected chi connectivity index (χ1v) is 7.34. The molecule has 23 heavy (non-hydrogen) atoms. The second-order valence-electron chi connectivity index (χ2n) is 4.84. The first-order chi connectivity index (χ1) is 11.2. The first kappa shape index (κ1) is 15.3. The molecule has 1 heterocycles. The molecular weight excluding hydrogens is 319 g/mol. The molecular formula is C16H14ClFN4O. The monoisotopic (exact) mass is 332 g/mol. The van der Waals surface area contributed by atoms with E-state index in [4.69, 9.17) is 16.3 Å². The van der Waals surface area contributed by atoms with Crippen LogP contribution in [0.5, 0.6) is 5.75 Å². The molecule has 0 aliphatic heterocycles. The van der Waals surface area contributed by atoms with Crippen molar-refractivity contribution < 1.29 is 9.13 Å². The number of hydrogen-bond donors (Lipinski definition) is 2. The van der Waals surface area contributed by atoms with E-state index in [0.717, 1.165) is 11.1 Å². The number of ether oxygens (including phenoxy) is 1. The molecule has 118 valence electrons. The molecule has 0 spiro atoms. The summed E-state index contributed by atoms with van der Waals surface area (Å²) in [5.74, 6) is 0.924. The van der Waals surface area contributed by atoms with Crippen molar-refractivity contribution in [3.63, 3.8) is 0 Å². The normalized spacial score (nSPS) is 10.5. The standard InChI is InChI=1S/C16H14ClFN4O/c17-13-3-6-15(23-9-11-1-4-14(18)5-2-11)12(7-13)8-19-16-20-10-21-22-16/h1-7,10H,8-9H2,(H2,19,20,21,22). The lowest BCUT2D eigenvalue weighted by atomic mass is 10.2. The van der Waals surface area contributed by atoms with Crippen molar-refractivity contribution in [3.8, 4) is 5.75 Å². The molecule has 7 heteroatoms. The summed E-state index contributed by atoms with van der Waals surface area (Å²) in [6, 6.07) is 11.6. The van der Waals surface area contributed by atoms with Gasteiger partial charge in [-0.15, -0.1) is 5.10 Å². The largest absolute Gasteiger partial charge is 0.489 e. The first-order valence-electron chi connectivity index (χ1n) is 6.96. The van der Waals surface area contributed by atoms with Crippen LogP contribution in [0.3, 0.4) is 0 Å². The molecule has 5 nitrogen and oxygen atoms in total. The molecule has 2 aromatic carbocycles. The summed E-state index contributed by atoms with van der Waals surface area (Å²) in [5.41, 5.74) is 1.76. The topological polar surface area (TPSA) is 62.8 Å². The van der Waals surface area contributed by atoms with Crippen LogP contribution in [0, 0.1) is 5.82 Å². The molecule has 0 bridgehead atoms. The third-order valence-electron chi connectivity index (χ3n) is 3.18. The van der Waals surface area contributed by atoms with Crippen LogP contribution in [-0.4, -0.2) is 15.2 Å². The minimum Gasteiger partial charge on any atom is -0.489 e. The summed E-state index contributed by atoms with van der Waals surface area (Å²) in [7, 11) is 0. The van der Waals surface area contributed by atoms with Crippen molar-refractivity contribution in [1.82, 2.24) is 15.2 Å². The molecule has 0 atom stereocenters. The third-order valence-corrected chi connectivity index (χ3v) is 3.42. The van der Waals surface area contributed by atoms with Gasteiger partial charge in [0.2, 0.25) is 5.95 Å². The fourth-order valence-electron chi connectivity index (χ4n) is 2.04. The minimum absolute atomic E-state index is 0.267. The Morgan fingerprint density at radius 2 is 2.00 bits per heavy atom. The number of hydrogen-bond acceptors (Lipinski definition) is 4. The van der Waals surface area contributed by atoms with Gasteiger partial charge in [0.05, 0.1) is 0 Å². The second kappa shape index (κ2) is 7.11. The zero-order chi connectivity index (χ0) is 16.1. The molecule has 3 rings (SSSR count). The van der Waals surface area contributed by atoms with Crippen LogP contribution in [0.25, 0.3) is 0 Å². The van der Waals surface area contributed by atoms with Crippen LogP contribution < -0.4 is 10.1 Å². The van der Waals surface area contributed by atoms with Gasteiger partial charge in [0.25, 0.3) is 0 Å². The van der Waals surface area contributed by atoms with E-state index in [1.165, 1.54) is 18.5 Å². The number of nitrogens with one attached hydrogen (secondary N) is 2. The third kappa shape index (κ3) is 4.20. The summed E-state index contributed by atoms with van der Waals surface area (Å²) in [4.78, 5) is 4.00. The number of nitrogens with zero attached hydrogens (tertiary/aromatic N) is 2. The maximum absolute atomic E-state index is 12.9. The predicted molar refractivity (Wildman–Crippen MR) is 85.9 cm³/mol. The SMILES string of the molecule is Fc1ccc(COc2ccc(Cl)cc2CNc2nc[nH]n2)cc1. The number of aromatic amines is 1. The Morgan fingerprint density at radius 1 is 1.17 bits per heavy atom. The van der Waals surface area contributed by atoms with E-state index >= 15 is 0 Å². The smallest absolute Gasteiger partial charge is 0.242 e. The molecule has 0 radical (unpaired) electrons. The number of halogens is 2. The van der Waals surface area contributed by atoms with Crippen LogP contribution >= 0.6 is 11.6 Å². The molecule has 0 saturated heterocycles. The van der Waals surface area contributed by atoms with Crippen LogP contribution in [-0.2, 0) is 13.2 Å². The van der Waals surface area contributed by atoms with Gasteiger partial charge in [-0.05, 0) is 35.9 Å². The van der Waals surface area contributed by atoms with Gasteiger partial charge in [0, 0.05) is 17.1 Å². The maximum atomic E-state index is 12.9. The van der Waals surface area contributed by atoms with Gasteiger partial charge in [-0.1, -0.05) is 23.7 Å². The van der Waals surface area contributed by atoms with E-state index in [1.54, 1.807) is 24.3 Å². The van der Waals surface area contributed by atoms with E-state index in [0.29, 0.717) is 29.9 Å². The Morgan fingerprint density at radius 3 is 2.74 bits per heavy atom.